The Kier molecular flexibility index (Phi) is 7.00. The van der Waals surface area contributed by atoms with Crippen molar-refractivity contribution >= 4 is 33.3 Å². The Hall–Kier alpha value is -2.16. The summed E-state index contributed by atoms with van der Waals surface area (Å²) in [4.78, 5) is 21.4. The molecule has 1 fully saturated rings. The molecule has 0 N–H and O–H groups in total. The molecule has 0 saturated carbocycles. The Bertz CT molecular complexity index is 999. The number of rotatable bonds is 6. The molecule has 7 nitrogen and oxygen atoms in total. The van der Waals surface area contributed by atoms with Crippen molar-refractivity contribution in [3.8, 4) is 0 Å². The molecule has 1 aromatic carbocycles. The van der Waals surface area contributed by atoms with E-state index in [0.29, 0.717) is 55.4 Å². The molecule has 2 aromatic rings. The SMILES string of the molecule is CCN(CC)S(=O)(=O)c1cc(C(=O)N2CCN(c3ccc(Cl)cn3)CC2)ccc1C. The summed E-state index contributed by atoms with van der Waals surface area (Å²) in [6.07, 6.45) is 1.61. The van der Waals surface area contributed by atoms with Gasteiger partial charge >= 0.3 is 0 Å². The summed E-state index contributed by atoms with van der Waals surface area (Å²) >= 11 is 5.90. The Morgan fingerprint density at radius 2 is 1.77 bits per heavy atom. The molecular weight excluding hydrogens is 424 g/mol. The van der Waals surface area contributed by atoms with Crippen LogP contribution in [-0.4, -0.2) is 67.8 Å². The first-order valence-corrected chi connectivity index (χ1v) is 11.9. The predicted molar refractivity (Wildman–Crippen MR) is 119 cm³/mol. The first-order valence-electron chi connectivity index (χ1n) is 10.0. The van der Waals surface area contributed by atoms with Gasteiger partial charge in [-0.1, -0.05) is 31.5 Å². The average molecular weight is 451 g/mol. The van der Waals surface area contributed by atoms with Crippen molar-refractivity contribution in [2.45, 2.75) is 25.7 Å². The standard InChI is InChI=1S/C21H27ClN4O3S/c1-4-26(5-2)30(28,29)19-14-17(7-6-16(19)3)21(27)25-12-10-24(11-13-25)20-9-8-18(22)15-23-20/h6-9,14-15H,4-5,10-13H2,1-3H3. The zero-order valence-corrected chi connectivity index (χ0v) is 19.1. The molecule has 1 aliphatic heterocycles. The molecule has 0 atom stereocenters. The van der Waals surface area contributed by atoms with Gasteiger partial charge in [0.2, 0.25) is 10.0 Å². The predicted octanol–water partition coefficient (Wildman–Crippen LogP) is 3.04. The summed E-state index contributed by atoms with van der Waals surface area (Å²) in [6, 6.07) is 8.58. The molecule has 1 aliphatic rings. The minimum atomic E-state index is -3.63. The van der Waals surface area contributed by atoms with Crippen LogP contribution in [0, 0.1) is 6.92 Å². The van der Waals surface area contributed by atoms with E-state index in [0.717, 1.165) is 5.82 Å². The van der Waals surface area contributed by atoms with Gasteiger partial charge in [0.1, 0.15) is 5.82 Å². The van der Waals surface area contributed by atoms with Crippen molar-refractivity contribution in [1.82, 2.24) is 14.2 Å². The summed E-state index contributed by atoms with van der Waals surface area (Å²) in [7, 11) is -3.63. The quantitative estimate of drug-likeness (QED) is 0.676. The van der Waals surface area contributed by atoms with Crippen molar-refractivity contribution in [3.05, 3.63) is 52.7 Å². The maximum Gasteiger partial charge on any atom is 0.254 e. The van der Waals surface area contributed by atoms with Gasteiger partial charge in [0, 0.05) is 51.0 Å². The third-order valence-electron chi connectivity index (χ3n) is 5.36. The third kappa shape index (κ3) is 4.61. The molecule has 9 heteroatoms. The van der Waals surface area contributed by atoms with E-state index >= 15 is 0 Å². The molecule has 2 heterocycles. The fourth-order valence-corrected chi connectivity index (χ4v) is 5.41. The van der Waals surface area contributed by atoms with Crippen LogP contribution < -0.4 is 4.90 Å². The minimum absolute atomic E-state index is 0.158. The number of piperazine rings is 1. The second-order valence-electron chi connectivity index (χ2n) is 7.18. The summed E-state index contributed by atoms with van der Waals surface area (Å²) in [5.74, 6) is 0.671. The number of aryl methyl sites for hydroxylation is 1. The van der Waals surface area contributed by atoms with E-state index in [1.54, 1.807) is 50.1 Å². The normalized spacial score (nSPS) is 15.0. The highest BCUT2D eigenvalue weighted by atomic mass is 35.5. The number of sulfonamides is 1. The summed E-state index contributed by atoms with van der Waals surface area (Å²) < 4.78 is 27.3. The average Bonchev–Trinajstić information content (AvgIpc) is 2.75. The van der Waals surface area contributed by atoms with Gasteiger partial charge in [-0.05, 0) is 36.8 Å². The van der Waals surface area contributed by atoms with Crippen molar-refractivity contribution < 1.29 is 13.2 Å². The van der Waals surface area contributed by atoms with Gasteiger partial charge in [0.15, 0.2) is 0 Å². The van der Waals surface area contributed by atoms with Crippen molar-refractivity contribution in [1.29, 1.82) is 0 Å². The Morgan fingerprint density at radius 3 is 2.33 bits per heavy atom. The van der Waals surface area contributed by atoms with Gasteiger partial charge in [-0.25, -0.2) is 13.4 Å². The Morgan fingerprint density at radius 1 is 1.10 bits per heavy atom. The van der Waals surface area contributed by atoms with Crippen LogP contribution in [-0.2, 0) is 10.0 Å². The van der Waals surface area contributed by atoms with Gasteiger partial charge in [-0.3, -0.25) is 4.79 Å². The highest BCUT2D eigenvalue weighted by Gasteiger charge is 2.27. The molecule has 1 saturated heterocycles. The van der Waals surface area contributed by atoms with Crippen LogP contribution in [0.25, 0.3) is 0 Å². The zero-order valence-electron chi connectivity index (χ0n) is 17.5. The molecule has 0 aliphatic carbocycles. The van der Waals surface area contributed by atoms with E-state index in [2.05, 4.69) is 9.88 Å². The number of halogens is 1. The van der Waals surface area contributed by atoms with Gasteiger partial charge in [-0.2, -0.15) is 4.31 Å². The van der Waals surface area contributed by atoms with E-state index in [9.17, 15) is 13.2 Å². The number of pyridine rings is 1. The van der Waals surface area contributed by atoms with E-state index < -0.39 is 10.0 Å². The number of benzene rings is 1. The first-order chi connectivity index (χ1) is 14.3. The number of anilines is 1. The maximum absolute atomic E-state index is 13.1. The topological polar surface area (TPSA) is 73.8 Å². The molecule has 0 spiro atoms. The zero-order chi connectivity index (χ0) is 21.9. The van der Waals surface area contributed by atoms with Gasteiger partial charge in [-0.15, -0.1) is 0 Å². The fourth-order valence-electron chi connectivity index (χ4n) is 3.59. The second-order valence-corrected chi connectivity index (χ2v) is 9.53. The monoisotopic (exact) mass is 450 g/mol. The Labute approximate surface area is 183 Å². The summed E-state index contributed by atoms with van der Waals surface area (Å²) in [5.41, 5.74) is 1.03. The summed E-state index contributed by atoms with van der Waals surface area (Å²) in [5, 5.41) is 0.586. The molecule has 3 rings (SSSR count). The molecule has 30 heavy (non-hydrogen) atoms. The number of hydrogen-bond acceptors (Lipinski definition) is 5. The van der Waals surface area contributed by atoms with E-state index in [-0.39, 0.29) is 10.8 Å². The van der Waals surface area contributed by atoms with Crippen molar-refractivity contribution in [2.75, 3.05) is 44.2 Å². The van der Waals surface area contributed by atoms with E-state index in [4.69, 9.17) is 11.6 Å². The smallest absolute Gasteiger partial charge is 0.254 e. The maximum atomic E-state index is 13.1. The van der Waals surface area contributed by atoms with Crippen LogP contribution >= 0.6 is 11.6 Å². The second kappa shape index (κ2) is 9.32. The number of carbonyl (C=O) groups is 1. The molecular formula is C21H27ClN4O3S. The van der Waals surface area contributed by atoms with E-state index in [1.165, 1.54) is 10.4 Å². The first kappa shape index (κ1) is 22.5. The van der Waals surface area contributed by atoms with Gasteiger partial charge in [0.05, 0.1) is 9.92 Å². The Balaban J connectivity index is 1.76. The lowest BCUT2D eigenvalue weighted by molar-refractivity contribution is 0.0746. The number of amides is 1. The molecule has 1 amide bonds. The van der Waals surface area contributed by atoms with Gasteiger partial charge < -0.3 is 9.80 Å². The fraction of sp³-hybridized carbons (Fsp3) is 0.429. The van der Waals surface area contributed by atoms with Crippen LogP contribution in [0.5, 0.6) is 0 Å². The minimum Gasteiger partial charge on any atom is -0.353 e. The number of hydrogen-bond donors (Lipinski definition) is 0. The lowest BCUT2D eigenvalue weighted by Crippen LogP contribution is -2.49. The molecule has 1 aromatic heterocycles. The molecule has 162 valence electrons. The number of carbonyl (C=O) groups excluding carboxylic acids is 1. The molecule has 0 radical (unpaired) electrons. The molecule has 0 bridgehead atoms. The lowest BCUT2D eigenvalue weighted by atomic mass is 10.1. The van der Waals surface area contributed by atoms with Crippen LogP contribution in [0.3, 0.4) is 0 Å². The van der Waals surface area contributed by atoms with Gasteiger partial charge in [0.25, 0.3) is 5.91 Å². The van der Waals surface area contributed by atoms with E-state index in [1.807, 2.05) is 6.07 Å². The van der Waals surface area contributed by atoms with Crippen LogP contribution in [0.15, 0.2) is 41.4 Å². The van der Waals surface area contributed by atoms with Crippen LogP contribution in [0.4, 0.5) is 5.82 Å². The van der Waals surface area contributed by atoms with Crippen LogP contribution in [0.2, 0.25) is 5.02 Å². The lowest BCUT2D eigenvalue weighted by Gasteiger charge is -2.35. The largest absolute Gasteiger partial charge is 0.353 e. The number of nitrogens with zero attached hydrogens (tertiary/aromatic N) is 4. The van der Waals surface area contributed by atoms with Crippen molar-refractivity contribution in [2.24, 2.45) is 0 Å². The number of aromatic nitrogens is 1. The van der Waals surface area contributed by atoms with Crippen molar-refractivity contribution in [3.63, 3.8) is 0 Å². The molecule has 0 unspecified atom stereocenters. The summed E-state index contributed by atoms with van der Waals surface area (Å²) in [6.45, 7) is 8.51. The highest BCUT2D eigenvalue weighted by molar-refractivity contribution is 7.89. The van der Waals surface area contributed by atoms with Crippen LogP contribution in [0.1, 0.15) is 29.8 Å². The third-order valence-corrected chi connectivity index (χ3v) is 7.78. The highest BCUT2D eigenvalue weighted by Crippen LogP contribution is 2.23.